The van der Waals surface area contributed by atoms with Crippen LogP contribution in [0.5, 0.6) is 0 Å². The van der Waals surface area contributed by atoms with Crippen LogP contribution < -0.4 is 0 Å². The van der Waals surface area contributed by atoms with Crippen LogP contribution in [0.1, 0.15) is 196 Å². The number of benzene rings is 16. The Morgan fingerprint density at radius 3 is 1.03 bits per heavy atom. The summed E-state index contributed by atoms with van der Waals surface area (Å²) in [7, 11) is 0. The summed E-state index contributed by atoms with van der Waals surface area (Å²) in [6.07, 6.45) is 28.0. The van der Waals surface area contributed by atoms with E-state index in [1.165, 1.54) is 269 Å². The molecule has 0 spiro atoms. The molecule has 0 atom stereocenters. The maximum absolute atomic E-state index is 2.51. The third-order valence-corrected chi connectivity index (χ3v) is 28.3. The molecule has 0 aliphatic heterocycles. The van der Waals surface area contributed by atoms with Gasteiger partial charge in [-0.1, -0.05) is 266 Å². The van der Waals surface area contributed by atoms with Crippen molar-refractivity contribution in [3.8, 4) is 66.8 Å². The molecule has 0 bridgehead atoms. The average Bonchev–Trinajstić information content (AvgIpc) is 1.57. The lowest BCUT2D eigenvalue weighted by Crippen LogP contribution is -2.09. The normalized spacial score (nSPS) is 14.7. The molecule has 0 saturated carbocycles. The minimum atomic E-state index is 1.06. The Hall–Kier alpha value is -11.4. The van der Waals surface area contributed by atoms with E-state index in [0.717, 1.165) is 32.1 Å². The third kappa shape index (κ3) is 12.7. The van der Waals surface area contributed by atoms with Crippen molar-refractivity contribution in [1.29, 1.82) is 0 Å². The molecule has 116 heavy (non-hydrogen) atoms. The van der Waals surface area contributed by atoms with E-state index in [-0.39, 0.29) is 0 Å². The standard InChI is InChI=1S/C22H24.C22H16.C18H18.C18H14.C18H18.C18H14/c2*1-14-12-17-13-16-11-10-15-6-2-3-8-19(15)21(16)22(17)20-9-5-4-7-18(14)20;2*1-12-10-14-11-13-6-2-3-8-16(13)18(14)17-9-5-4-7-15(12)17;2*1-12-6-9-17-15(10-12)11-14-8-7-13-4-2-3-5-16(13)18(14)17/h10-12H,2-9,13H2,1H3;2-12H,13H2,1H3;2-3,6,8,10H,4-5,7,9,11H2,1H3;2-10H,11H2,1H3;6-10H,2-5,11H2,1H3;2-10H,11H2,1H3. The van der Waals surface area contributed by atoms with Crippen LogP contribution in [0.25, 0.3) is 110 Å². The molecule has 10 aliphatic carbocycles. The van der Waals surface area contributed by atoms with Crippen LogP contribution in [0.2, 0.25) is 0 Å². The van der Waals surface area contributed by atoms with Gasteiger partial charge in [-0.2, -0.15) is 0 Å². The molecule has 0 amide bonds. The van der Waals surface area contributed by atoms with Crippen LogP contribution in [-0.4, -0.2) is 0 Å². The van der Waals surface area contributed by atoms with Crippen molar-refractivity contribution >= 4 is 43.1 Å². The van der Waals surface area contributed by atoms with E-state index in [1.807, 2.05) is 0 Å². The van der Waals surface area contributed by atoms with Gasteiger partial charge in [-0.05, 0) is 426 Å². The molecule has 0 heterocycles. The van der Waals surface area contributed by atoms with Gasteiger partial charge in [0.15, 0.2) is 0 Å². The van der Waals surface area contributed by atoms with Crippen molar-refractivity contribution in [2.75, 3.05) is 0 Å². The van der Waals surface area contributed by atoms with E-state index in [0.29, 0.717) is 0 Å². The van der Waals surface area contributed by atoms with E-state index < -0.39 is 0 Å². The molecule has 0 aromatic heterocycles. The number of aryl methyl sites for hydroxylation is 8. The number of hydrogen-bond donors (Lipinski definition) is 0. The van der Waals surface area contributed by atoms with Crippen molar-refractivity contribution in [3.63, 3.8) is 0 Å². The quantitative estimate of drug-likeness (QED) is 0.142. The zero-order valence-corrected chi connectivity index (χ0v) is 68.8. The molecule has 0 N–H and O–H groups in total. The monoisotopic (exact) mass is 1500 g/mol. The SMILES string of the molecule is Cc1cc2c(c3c1CCCC3)-c1c(ccc3c1CCCC3)C2.Cc1cc2c(c3c1CCCC3)-c1ccccc1C2.Cc1cc2c(c3ccccc13)-c1c(ccc3ccccc13)C2.Cc1cc2c(c3ccccc13)-c1ccccc1C2.Cc1ccc2c(c1)Cc1ccc3c(c1-2)CCCC3.Cc1ccc2c(c1)Cc1ccc3ccccc3c1-2. The van der Waals surface area contributed by atoms with E-state index in [1.54, 1.807) is 94.6 Å². The second-order valence-corrected chi connectivity index (χ2v) is 35.6. The summed E-state index contributed by atoms with van der Waals surface area (Å²) in [5, 5.41) is 11.0. The molecule has 10 aliphatic rings. The smallest absolute Gasteiger partial charge is 0.00129 e. The Labute approximate surface area is 687 Å². The fourth-order valence-corrected chi connectivity index (χ4v) is 23.1. The van der Waals surface area contributed by atoms with Gasteiger partial charge in [-0.3, -0.25) is 0 Å². The molecule has 0 unspecified atom stereocenters. The second-order valence-electron chi connectivity index (χ2n) is 35.6. The highest BCUT2D eigenvalue weighted by molar-refractivity contribution is 6.11. The van der Waals surface area contributed by atoms with Crippen molar-refractivity contribution in [3.05, 3.63) is 399 Å². The van der Waals surface area contributed by atoms with Gasteiger partial charge < -0.3 is 0 Å². The Bertz CT molecular complexity index is 6710. The van der Waals surface area contributed by atoms with Crippen LogP contribution in [0.15, 0.2) is 255 Å². The molecule has 0 fully saturated rings. The highest BCUT2D eigenvalue weighted by Gasteiger charge is 2.33. The Kier molecular flexibility index (Phi) is 18.7. The molecule has 0 saturated heterocycles. The lowest BCUT2D eigenvalue weighted by atomic mass is 9.80. The maximum atomic E-state index is 2.51. The van der Waals surface area contributed by atoms with E-state index in [4.69, 9.17) is 0 Å². The Morgan fingerprint density at radius 2 is 0.466 bits per heavy atom. The number of hydrogen-bond acceptors (Lipinski definition) is 0. The summed E-state index contributed by atoms with van der Waals surface area (Å²) < 4.78 is 0. The van der Waals surface area contributed by atoms with Crippen LogP contribution >= 0.6 is 0 Å². The van der Waals surface area contributed by atoms with Gasteiger partial charge in [0.25, 0.3) is 0 Å². The van der Waals surface area contributed by atoms with Crippen LogP contribution in [0, 0.1) is 41.5 Å². The lowest BCUT2D eigenvalue weighted by molar-refractivity contribution is 0.679. The third-order valence-electron chi connectivity index (χ3n) is 28.3. The van der Waals surface area contributed by atoms with E-state index in [2.05, 4.69) is 296 Å². The molecule has 0 radical (unpaired) electrons. The molecule has 16 aromatic rings. The van der Waals surface area contributed by atoms with Crippen molar-refractivity contribution in [2.45, 2.75) is 183 Å². The fourth-order valence-electron chi connectivity index (χ4n) is 23.1. The van der Waals surface area contributed by atoms with Crippen molar-refractivity contribution < 1.29 is 0 Å². The highest BCUT2D eigenvalue weighted by atomic mass is 14.4. The Balaban J connectivity index is 0.0000000872. The summed E-state index contributed by atoms with van der Waals surface area (Å²) >= 11 is 0. The zero-order valence-electron chi connectivity index (χ0n) is 68.8. The van der Waals surface area contributed by atoms with Gasteiger partial charge in [-0.15, -0.1) is 0 Å². The molecule has 0 heteroatoms. The highest BCUT2D eigenvalue weighted by Crippen LogP contribution is 2.52. The average molecular weight is 1500 g/mol. The van der Waals surface area contributed by atoms with E-state index in [9.17, 15) is 0 Å². The summed E-state index contributed by atoms with van der Waals surface area (Å²) in [5.41, 5.74) is 58.3. The molecule has 26 rings (SSSR count). The summed E-state index contributed by atoms with van der Waals surface area (Å²) in [6.45, 7) is 13.4. The number of fused-ring (bicyclic) bond motifs is 34. The van der Waals surface area contributed by atoms with Crippen molar-refractivity contribution in [2.24, 2.45) is 0 Å². The molecular weight excluding hydrogens is 1390 g/mol. The van der Waals surface area contributed by atoms with Gasteiger partial charge in [0, 0.05) is 0 Å². The minimum Gasteiger partial charge on any atom is -0.0619 e. The second kappa shape index (κ2) is 30.0. The molecule has 0 nitrogen and oxygen atoms in total. The van der Waals surface area contributed by atoms with Gasteiger partial charge in [-0.25, -0.2) is 0 Å². The molecule has 16 aromatic carbocycles. The largest absolute Gasteiger partial charge is 0.0619 e. The fraction of sp³-hybridized carbons (Fsp3) is 0.241. The summed E-state index contributed by atoms with van der Waals surface area (Å²) in [6, 6.07) is 94.9. The van der Waals surface area contributed by atoms with Gasteiger partial charge in [0.2, 0.25) is 0 Å². The molecule has 568 valence electrons. The predicted octanol–water partition coefficient (Wildman–Crippen LogP) is 29.5. The van der Waals surface area contributed by atoms with Crippen LogP contribution in [0.3, 0.4) is 0 Å². The lowest BCUT2D eigenvalue weighted by Gasteiger charge is -2.25. The maximum Gasteiger partial charge on any atom is -0.00129 e. The summed E-state index contributed by atoms with van der Waals surface area (Å²) in [4.78, 5) is 0. The first-order chi connectivity index (χ1) is 57.0. The number of rotatable bonds is 0. The van der Waals surface area contributed by atoms with Crippen molar-refractivity contribution in [1.82, 2.24) is 0 Å². The van der Waals surface area contributed by atoms with Gasteiger partial charge in [0.05, 0.1) is 0 Å². The first-order valence-electron chi connectivity index (χ1n) is 44.0. The zero-order chi connectivity index (χ0) is 77.8. The van der Waals surface area contributed by atoms with Gasteiger partial charge in [0.1, 0.15) is 0 Å². The Morgan fingerprint density at radius 1 is 0.164 bits per heavy atom. The predicted molar refractivity (Wildman–Crippen MR) is 493 cm³/mol. The topological polar surface area (TPSA) is 0 Å². The summed E-state index contributed by atoms with van der Waals surface area (Å²) in [5.74, 6) is 0. The first-order valence-corrected chi connectivity index (χ1v) is 44.0. The van der Waals surface area contributed by atoms with E-state index >= 15 is 0 Å². The first kappa shape index (κ1) is 72.3. The van der Waals surface area contributed by atoms with Crippen LogP contribution in [-0.2, 0) is 89.9 Å². The van der Waals surface area contributed by atoms with Gasteiger partial charge >= 0.3 is 0 Å². The minimum absolute atomic E-state index is 1.06. The van der Waals surface area contributed by atoms with Crippen LogP contribution in [0.4, 0.5) is 0 Å². The molecular formula is C116H104.